The number of benzene rings is 1. The number of aromatic nitrogens is 3. The quantitative estimate of drug-likeness (QED) is 0.733. The molecule has 2 aromatic rings. The van der Waals surface area contributed by atoms with E-state index in [1.807, 2.05) is 12.1 Å². The lowest BCUT2D eigenvalue weighted by Crippen LogP contribution is -2.17. The zero-order chi connectivity index (χ0) is 15.1. The van der Waals surface area contributed by atoms with Crippen LogP contribution in [0.1, 0.15) is 26.2 Å². The maximum Gasteiger partial charge on any atom is 0.155 e. The molecule has 0 aliphatic rings. The highest BCUT2D eigenvalue weighted by molar-refractivity contribution is 5.62. The molecule has 1 aromatic heterocycles. The minimum atomic E-state index is 0.470. The molecule has 21 heavy (non-hydrogen) atoms. The van der Waals surface area contributed by atoms with Crippen LogP contribution in [0.5, 0.6) is 0 Å². The van der Waals surface area contributed by atoms with E-state index >= 15 is 0 Å². The van der Waals surface area contributed by atoms with Gasteiger partial charge in [-0.25, -0.2) is 4.98 Å². The maximum atomic E-state index is 4.18. The van der Waals surface area contributed by atoms with Crippen molar-refractivity contribution in [2.45, 2.75) is 32.2 Å². The molecule has 2 N–H and O–H groups in total. The lowest BCUT2D eigenvalue weighted by molar-refractivity contribution is 0.389. The van der Waals surface area contributed by atoms with Gasteiger partial charge < -0.3 is 10.2 Å². The van der Waals surface area contributed by atoms with Gasteiger partial charge in [-0.1, -0.05) is 18.6 Å². The SMILES string of the molecule is C[C@H](CCCCN(C)C)Nc1cccc(-c2ncn[nH]2)c1. The highest BCUT2D eigenvalue weighted by Gasteiger charge is 2.05. The van der Waals surface area contributed by atoms with Crippen molar-refractivity contribution in [3.8, 4) is 11.4 Å². The van der Waals surface area contributed by atoms with E-state index in [-0.39, 0.29) is 0 Å². The Balaban J connectivity index is 1.84. The number of H-pyrrole nitrogens is 1. The predicted octanol–water partition coefficient (Wildman–Crippen LogP) is 3.00. The van der Waals surface area contributed by atoms with Gasteiger partial charge in [0.25, 0.3) is 0 Å². The third-order valence-corrected chi connectivity index (χ3v) is 3.46. The van der Waals surface area contributed by atoms with E-state index in [2.05, 4.69) is 58.5 Å². The zero-order valence-electron chi connectivity index (χ0n) is 13.1. The number of hydrogen-bond donors (Lipinski definition) is 2. The van der Waals surface area contributed by atoms with E-state index in [4.69, 9.17) is 0 Å². The molecule has 0 bridgehead atoms. The Bertz CT molecular complexity index is 521. The Morgan fingerprint density at radius 2 is 2.14 bits per heavy atom. The highest BCUT2D eigenvalue weighted by Crippen LogP contribution is 2.19. The van der Waals surface area contributed by atoms with Crippen LogP contribution in [0.4, 0.5) is 5.69 Å². The molecule has 0 saturated heterocycles. The largest absolute Gasteiger partial charge is 0.383 e. The van der Waals surface area contributed by atoms with E-state index in [0.717, 1.165) is 23.6 Å². The van der Waals surface area contributed by atoms with Crippen molar-refractivity contribution in [3.05, 3.63) is 30.6 Å². The average Bonchev–Trinajstić information content (AvgIpc) is 2.98. The van der Waals surface area contributed by atoms with Crippen LogP contribution in [0.3, 0.4) is 0 Å². The maximum absolute atomic E-state index is 4.18. The molecule has 0 fully saturated rings. The summed E-state index contributed by atoms with van der Waals surface area (Å²) in [6, 6.07) is 8.75. The van der Waals surface area contributed by atoms with Gasteiger partial charge in [0.2, 0.25) is 0 Å². The Labute approximate surface area is 126 Å². The highest BCUT2D eigenvalue weighted by atomic mass is 15.2. The molecule has 114 valence electrons. The van der Waals surface area contributed by atoms with Crippen molar-refractivity contribution in [2.75, 3.05) is 26.0 Å². The summed E-state index contributed by atoms with van der Waals surface area (Å²) in [4.78, 5) is 6.42. The predicted molar refractivity (Wildman–Crippen MR) is 87.3 cm³/mol. The van der Waals surface area contributed by atoms with Crippen molar-refractivity contribution >= 4 is 5.69 Å². The number of rotatable bonds is 8. The summed E-state index contributed by atoms with van der Waals surface area (Å²) in [5.41, 5.74) is 2.18. The van der Waals surface area contributed by atoms with Crippen LogP contribution < -0.4 is 5.32 Å². The molecule has 0 spiro atoms. The molecule has 2 rings (SSSR count). The second-order valence-electron chi connectivity index (χ2n) is 5.76. The molecule has 0 amide bonds. The van der Waals surface area contributed by atoms with E-state index in [9.17, 15) is 0 Å². The normalized spacial score (nSPS) is 12.6. The fourth-order valence-corrected chi connectivity index (χ4v) is 2.34. The second kappa shape index (κ2) is 7.78. The van der Waals surface area contributed by atoms with Crippen LogP contribution in [-0.4, -0.2) is 46.8 Å². The van der Waals surface area contributed by atoms with Crippen molar-refractivity contribution in [2.24, 2.45) is 0 Å². The third kappa shape index (κ3) is 5.19. The fourth-order valence-electron chi connectivity index (χ4n) is 2.34. The molecular formula is C16H25N5. The van der Waals surface area contributed by atoms with Gasteiger partial charge in [0, 0.05) is 17.3 Å². The number of hydrogen-bond acceptors (Lipinski definition) is 4. The second-order valence-corrected chi connectivity index (χ2v) is 5.76. The minimum Gasteiger partial charge on any atom is -0.383 e. The summed E-state index contributed by atoms with van der Waals surface area (Å²) in [5.74, 6) is 0.803. The van der Waals surface area contributed by atoms with Gasteiger partial charge in [-0.15, -0.1) is 0 Å². The van der Waals surface area contributed by atoms with Crippen LogP contribution in [0.2, 0.25) is 0 Å². The summed E-state index contributed by atoms with van der Waals surface area (Å²) in [5, 5.41) is 10.3. The number of aromatic amines is 1. The molecule has 1 heterocycles. The molecule has 5 nitrogen and oxygen atoms in total. The van der Waals surface area contributed by atoms with Crippen molar-refractivity contribution < 1.29 is 0 Å². The molecule has 1 aromatic carbocycles. The first-order chi connectivity index (χ1) is 10.1. The summed E-state index contributed by atoms with van der Waals surface area (Å²) >= 11 is 0. The molecule has 0 aliphatic heterocycles. The van der Waals surface area contributed by atoms with Crippen LogP contribution in [0.15, 0.2) is 30.6 Å². The smallest absolute Gasteiger partial charge is 0.155 e. The fraction of sp³-hybridized carbons (Fsp3) is 0.500. The van der Waals surface area contributed by atoms with Gasteiger partial charge in [0.05, 0.1) is 0 Å². The summed E-state index contributed by atoms with van der Waals surface area (Å²) in [6.07, 6.45) is 5.20. The van der Waals surface area contributed by atoms with Crippen molar-refractivity contribution in [1.82, 2.24) is 20.1 Å². The lowest BCUT2D eigenvalue weighted by atomic mass is 10.1. The molecule has 1 atom stereocenters. The van der Waals surface area contributed by atoms with Gasteiger partial charge in [-0.05, 0) is 52.5 Å². The first-order valence-corrected chi connectivity index (χ1v) is 7.52. The average molecular weight is 287 g/mol. The molecule has 0 unspecified atom stereocenters. The molecule has 5 heteroatoms. The first-order valence-electron chi connectivity index (χ1n) is 7.52. The molecule has 0 aliphatic carbocycles. The standard InChI is InChI=1S/C16H25N5/c1-13(7-4-5-10-21(2)3)19-15-9-6-8-14(11-15)16-17-12-18-20-16/h6,8-9,11-13,19H,4-5,7,10H2,1-3H3,(H,17,18,20)/t13-/m1/s1. The Hall–Kier alpha value is -1.88. The van der Waals surface area contributed by atoms with E-state index < -0.39 is 0 Å². The summed E-state index contributed by atoms with van der Waals surface area (Å²) < 4.78 is 0. The van der Waals surface area contributed by atoms with Gasteiger partial charge in [-0.2, -0.15) is 5.10 Å². The molecular weight excluding hydrogens is 262 g/mol. The van der Waals surface area contributed by atoms with E-state index in [1.54, 1.807) is 0 Å². The first kappa shape index (κ1) is 15.5. The Morgan fingerprint density at radius 1 is 1.29 bits per heavy atom. The van der Waals surface area contributed by atoms with Crippen molar-refractivity contribution in [3.63, 3.8) is 0 Å². The lowest BCUT2D eigenvalue weighted by Gasteiger charge is -2.16. The summed E-state index contributed by atoms with van der Waals surface area (Å²) in [7, 11) is 4.24. The van der Waals surface area contributed by atoms with Crippen LogP contribution in [0, 0.1) is 0 Å². The Kier molecular flexibility index (Phi) is 5.75. The van der Waals surface area contributed by atoms with Gasteiger partial charge in [0.15, 0.2) is 5.82 Å². The summed E-state index contributed by atoms with van der Waals surface area (Å²) in [6.45, 7) is 3.39. The topological polar surface area (TPSA) is 56.8 Å². The van der Waals surface area contributed by atoms with Crippen LogP contribution >= 0.6 is 0 Å². The van der Waals surface area contributed by atoms with Gasteiger partial charge in [-0.3, -0.25) is 5.10 Å². The van der Waals surface area contributed by atoms with Gasteiger partial charge in [0.1, 0.15) is 6.33 Å². The van der Waals surface area contributed by atoms with Crippen molar-refractivity contribution in [1.29, 1.82) is 0 Å². The van der Waals surface area contributed by atoms with Crippen LogP contribution in [-0.2, 0) is 0 Å². The minimum absolute atomic E-state index is 0.470. The molecule has 0 saturated carbocycles. The monoisotopic (exact) mass is 287 g/mol. The number of unbranched alkanes of at least 4 members (excludes halogenated alkanes) is 1. The van der Waals surface area contributed by atoms with Gasteiger partial charge >= 0.3 is 0 Å². The van der Waals surface area contributed by atoms with Crippen LogP contribution in [0.25, 0.3) is 11.4 Å². The Morgan fingerprint density at radius 3 is 2.86 bits per heavy atom. The van der Waals surface area contributed by atoms with E-state index in [0.29, 0.717) is 6.04 Å². The number of nitrogens with one attached hydrogen (secondary N) is 2. The number of anilines is 1. The zero-order valence-corrected chi connectivity index (χ0v) is 13.1. The molecule has 0 radical (unpaired) electrons. The third-order valence-electron chi connectivity index (χ3n) is 3.46. The van der Waals surface area contributed by atoms with E-state index in [1.165, 1.54) is 25.6 Å². The number of nitrogens with zero attached hydrogens (tertiary/aromatic N) is 3.